The molecule has 0 aromatic heterocycles. The molecule has 3 amide bonds. The lowest BCUT2D eigenvalue weighted by molar-refractivity contribution is -0.141. The van der Waals surface area contributed by atoms with Gasteiger partial charge in [0.05, 0.1) is 13.2 Å². The Morgan fingerprint density at radius 1 is 1.42 bits per heavy atom. The minimum atomic E-state index is -0.896. The van der Waals surface area contributed by atoms with E-state index >= 15 is 0 Å². The minimum absolute atomic E-state index is 0.183. The van der Waals surface area contributed by atoms with Gasteiger partial charge in [0.15, 0.2) is 5.79 Å². The maximum Gasteiger partial charge on any atom is 0.345 e. The molecule has 0 radical (unpaired) electrons. The molecule has 140 valence electrons. The molecular formula is C17H21N3O6. The molecule has 9 heteroatoms. The summed E-state index contributed by atoms with van der Waals surface area (Å²) in [4.78, 5) is 25.3. The van der Waals surface area contributed by atoms with Crippen LogP contribution < -0.4 is 10.5 Å². The van der Waals surface area contributed by atoms with Crippen molar-refractivity contribution in [2.24, 2.45) is 5.73 Å². The second-order valence-electron chi connectivity index (χ2n) is 7.15. The molecule has 1 unspecified atom stereocenters. The van der Waals surface area contributed by atoms with Gasteiger partial charge in [-0.05, 0) is 37.1 Å². The lowest BCUT2D eigenvalue weighted by Crippen LogP contribution is -2.41. The standard InChI is InChI=1S/C17H21N3O6/c1-17(2)25-8-10(26-17)7-24-9-3-4-11-12(5-9)13-6-19(14(11)15(18)21)16(22)20(13)23/h3-5,10,13-14,23H,6-8H2,1-2H3,(H2,18,21)/t10?,13-,14-/m1/s1. The van der Waals surface area contributed by atoms with E-state index in [-0.39, 0.29) is 12.6 Å². The first kappa shape index (κ1) is 17.1. The largest absolute Gasteiger partial charge is 0.491 e. The van der Waals surface area contributed by atoms with Crippen molar-refractivity contribution in [1.82, 2.24) is 9.96 Å². The minimum Gasteiger partial charge on any atom is -0.491 e. The summed E-state index contributed by atoms with van der Waals surface area (Å²) in [6, 6.07) is 3.08. The first-order valence-electron chi connectivity index (χ1n) is 8.43. The number of carbonyl (C=O) groups excluding carboxylic acids is 2. The van der Waals surface area contributed by atoms with Crippen molar-refractivity contribution in [2.45, 2.75) is 37.8 Å². The Morgan fingerprint density at radius 2 is 2.19 bits per heavy atom. The SMILES string of the molecule is CC1(C)OCC(COc2ccc3c(c2)[C@H]2CN(C(=O)N2O)[C@H]3C(N)=O)O1. The van der Waals surface area contributed by atoms with E-state index in [2.05, 4.69) is 0 Å². The number of urea groups is 1. The third-order valence-electron chi connectivity index (χ3n) is 4.90. The maximum atomic E-state index is 12.1. The number of hydroxylamine groups is 2. The zero-order chi connectivity index (χ0) is 18.6. The number of hydrogen-bond acceptors (Lipinski definition) is 6. The molecule has 9 nitrogen and oxygen atoms in total. The molecule has 3 aliphatic heterocycles. The van der Waals surface area contributed by atoms with Crippen LogP contribution in [-0.4, -0.2) is 58.8 Å². The summed E-state index contributed by atoms with van der Waals surface area (Å²) < 4.78 is 17.0. The highest BCUT2D eigenvalue weighted by atomic mass is 16.7. The van der Waals surface area contributed by atoms with Gasteiger partial charge in [-0.3, -0.25) is 10.0 Å². The van der Waals surface area contributed by atoms with Gasteiger partial charge in [-0.15, -0.1) is 0 Å². The molecule has 0 aliphatic carbocycles. The van der Waals surface area contributed by atoms with Gasteiger partial charge < -0.3 is 24.8 Å². The fourth-order valence-corrected chi connectivity index (χ4v) is 3.74. The Labute approximate surface area is 150 Å². The van der Waals surface area contributed by atoms with Crippen LogP contribution >= 0.6 is 0 Å². The molecule has 0 saturated carbocycles. The van der Waals surface area contributed by atoms with Crippen LogP contribution in [0.4, 0.5) is 4.79 Å². The fourth-order valence-electron chi connectivity index (χ4n) is 3.74. The molecule has 1 aromatic carbocycles. The molecule has 3 heterocycles. The molecule has 26 heavy (non-hydrogen) atoms. The number of amides is 3. The van der Waals surface area contributed by atoms with Crippen molar-refractivity contribution in [3.63, 3.8) is 0 Å². The first-order valence-corrected chi connectivity index (χ1v) is 8.43. The van der Waals surface area contributed by atoms with Gasteiger partial charge in [0.25, 0.3) is 0 Å². The number of primary amides is 1. The summed E-state index contributed by atoms with van der Waals surface area (Å²) in [5.41, 5.74) is 6.74. The summed E-state index contributed by atoms with van der Waals surface area (Å²) in [6.07, 6.45) is -0.183. The van der Waals surface area contributed by atoms with E-state index in [1.54, 1.807) is 18.2 Å². The van der Waals surface area contributed by atoms with Crippen LogP contribution in [0.25, 0.3) is 0 Å². The Kier molecular flexibility index (Phi) is 3.83. The summed E-state index contributed by atoms with van der Waals surface area (Å²) in [5, 5.41) is 10.7. The summed E-state index contributed by atoms with van der Waals surface area (Å²) in [5.74, 6) is -0.703. The van der Waals surface area contributed by atoms with Crippen molar-refractivity contribution in [1.29, 1.82) is 0 Å². The number of nitrogens with zero attached hydrogens (tertiary/aromatic N) is 2. The summed E-state index contributed by atoms with van der Waals surface area (Å²) in [7, 11) is 0. The zero-order valence-electron chi connectivity index (χ0n) is 14.5. The molecule has 2 saturated heterocycles. The van der Waals surface area contributed by atoms with Gasteiger partial charge in [-0.1, -0.05) is 6.07 Å². The normalized spacial score (nSPS) is 29.0. The van der Waals surface area contributed by atoms with E-state index in [0.29, 0.717) is 35.2 Å². The molecular weight excluding hydrogens is 342 g/mol. The maximum absolute atomic E-state index is 12.1. The topological polar surface area (TPSA) is 115 Å². The predicted molar refractivity (Wildman–Crippen MR) is 87.2 cm³/mol. The third-order valence-corrected chi connectivity index (χ3v) is 4.90. The van der Waals surface area contributed by atoms with Crippen LogP contribution in [0.2, 0.25) is 0 Å². The van der Waals surface area contributed by atoms with Crippen molar-refractivity contribution in [3.05, 3.63) is 29.3 Å². The lowest BCUT2D eigenvalue weighted by atomic mass is 9.90. The van der Waals surface area contributed by atoms with Crippen molar-refractivity contribution in [2.75, 3.05) is 19.8 Å². The average molecular weight is 363 g/mol. The van der Waals surface area contributed by atoms with E-state index in [1.807, 2.05) is 13.8 Å². The van der Waals surface area contributed by atoms with Crippen molar-refractivity contribution < 1.29 is 29.0 Å². The zero-order valence-corrected chi connectivity index (χ0v) is 14.5. The lowest BCUT2D eigenvalue weighted by Gasteiger charge is -2.30. The van der Waals surface area contributed by atoms with Crippen LogP contribution in [0.15, 0.2) is 18.2 Å². The number of hydrogen-bond donors (Lipinski definition) is 2. The van der Waals surface area contributed by atoms with Gasteiger partial charge >= 0.3 is 6.03 Å². The molecule has 4 rings (SSSR count). The average Bonchev–Trinajstić information content (AvgIpc) is 3.06. The van der Waals surface area contributed by atoms with E-state index in [1.165, 1.54) is 4.90 Å². The van der Waals surface area contributed by atoms with Gasteiger partial charge in [0.2, 0.25) is 5.91 Å². The first-order chi connectivity index (χ1) is 12.3. The van der Waals surface area contributed by atoms with E-state index in [4.69, 9.17) is 19.9 Å². The van der Waals surface area contributed by atoms with Crippen LogP contribution in [0, 0.1) is 0 Å². The van der Waals surface area contributed by atoms with Crippen LogP contribution in [0.3, 0.4) is 0 Å². The quantitative estimate of drug-likeness (QED) is 0.769. The number of fused-ring (bicyclic) bond motifs is 4. The van der Waals surface area contributed by atoms with Crippen LogP contribution in [0.5, 0.6) is 5.75 Å². The second-order valence-corrected chi connectivity index (χ2v) is 7.15. The molecule has 2 bridgehead atoms. The Morgan fingerprint density at radius 3 is 2.85 bits per heavy atom. The molecule has 3 N–H and O–H groups in total. The molecule has 0 spiro atoms. The Hall–Kier alpha value is -2.36. The number of nitrogens with two attached hydrogens (primary N) is 1. The van der Waals surface area contributed by atoms with Gasteiger partial charge in [-0.25, -0.2) is 4.79 Å². The highest BCUT2D eigenvalue weighted by Crippen LogP contribution is 2.44. The number of carbonyl (C=O) groups is 2. The number of ether oxygens (including phenoxy) is 3. The highest BCUT2D eigenvalue weighted by molar-refractivity contribution is 5.90. The van der Waals surface area contributed by atoms with Gasteiger partial charge in [0, 0.05) is 0 Å². The fraction of sp³-hybridized carbons (Fsp3) is 0.529. The number of benzene rings is 1. The molecule has 3 aliphatic rings. The van der Waals surface area contributed by atoms with Crippen LogP contribution in [-0.2, 0) is 14.3 Å². The van der Waals surface area contributed by atoms with Gasteiger partial charge in [0.1, 0.15) is 30.5 Å². The molecule has 3 atom stereocenters. The Balaban J connectivity index is 1.57. The molecule has 2 fully saturated rings. The smallest absolute Gasteiger partial charge is 0.345 e. The van der Waals surface area contributed by atoms with E-state index < -0.39 is 29.8 Å². The Bertz CT molecular complexity index is 767. The predicted octanol–water partition coefficient (Wildman–Crippen LogP) is 0.925. The highest BCUT2D eigenvalue weighted by Gasteiger charge is 2.49. The summed E-state index contributed by atoms with van der Waals surface area (Å²) >= 11 is 0. The van der Waals surface area contributed by atoms with Crippen molar-refractivity contribution in [3.8, 4) is 5.75 Å². The van der Waals surface area contributed by atoms with Crippen LogP contribution in [0.1, 0.15) is 37.1 Å². The second kappa shape index (κ2) is 5.83. The summed E-state index contributed by atoms with van der Waals surface area (Å²) in [6.45, 7) is 4.63. The monoisotopic (exact) mass is 363 g/mol. The van der Waals surface area contributed by atoms with E-state index in [9.17, 15) is 14.8 Å². The number of rotatable bonds is 4. The molecule has 1 aromatic rings. The third kappa shape index (κ3) is 2.68. The van der Waals surface area contributed by atoms with Gasteiger partial charge in [-0.2, -0.15) is 5.06 Å². The van der Waals surface area contributed by atoms with E-state index in [0.717, 1.165) is 0 Å². The van der Waals surface area contributed by atoms with Crippen molar-refractivity contribution >= 4 is 11.9 Å².